The maximum Gasteiger partial charge on any atom is 0.416 e. The topological polar surface area (TPSA) is 46.5 Å². The molecule has 3 nitrogen and oxygen atoms in total. The Hall–Kier alpha value is -1.98. The molecule has 1 fully saturated rings. The molecule has 1 aromatic carbocycles. The summed E-state index contributed by atoms with van der Waals surface area (Å²) in [7, 11) is 0. The molecule has 0 spiro atoms. The zero-order chi connectivity index (χ0) is 20.1. The molecule has 0 heterocycles. The van der Waals surface area contributed by atoms with E-state index in [0.29, 0.717) is 12.5 Å². The van der Waals surface area contributed by atoms with Crippen LogP contribution in [0.15, 0.2) is 29.3 Å². The summed E-state index contributed by atoms with van der Waals surface area (Å²) in [4.78, 5) is 10.7. The monoisotopic (exact) mass is 396 g/mol. The van der Waals surface area contributed by atoms with E-state index in [2.05, 4.69) is 0 Å². The summed E-state index contributed by atoms with van der Waals surface area (Å²) < 4.78 is 45.9. The normalized spacial score (nSPS) is 18.5. The molecular formula is C22H27F3O3. The Labute approximate surface area is 163 Å². The number of rotatable bonds is 7. The lowest BCUT2D eigenvalue weighted by Gasteiger charge is -2.24. The third kappa shape index (κ3) is 5.30. The average molecular weight is 396 g/mol. The number of carbonyl (C=O) groups is 1. The Bertz CT molecular complexity index is 731. The number of aryl methyl sites for hydroxylation is 1. The summed E-state index contributed by atoms with van der Waals surface area (Å²) in [6, 6.07) is 3.86. The lowest BCUT2D eigenvalue weighted by atomic mass is 9.82. The lowest BCUT2D eigenvalue weighted by molar-refractivity contribution is -0.140. The van der Waals surface area contributed by atoms with Crippen molar-refractivity contribution < 1.29 is 27.8 Å². The van der Waals surface area contributed by atoms with Crippen molar-refractivity contribution in [2.24, 2.45) is 5.92 Å². The van der Waals surface area contributed by atoms with Crippen molar-refractivity contribution in [2.75, 3.05) is 6.61 Å². The third-order valence-electron chi connectivity index (χ3n) is 5.88. The number of hydrogen-bond acceptors (Lipinski definition) is 2. The van der Waals surface area contributed by atoms with Crippen LogP contribution in [0.3, 0.4) is 0 Å². The van der Waals surface area contributed by atoms with Gasteiger partial charge in [0.25, 0.3) is 0 Å². The molecule has 0 bridgehead atoms. The van der Waals surface area contributed by atoms with Crippen LogP contribution in [0.4, 0.5) is 13.2 Å². The minimum atomic E-state index is -4.53. The molecule has 3 rings (SSSR count). The number of ether oxygens (including phenoxy) is 1. The Balaban J connectivity index is 1.72. The van der Waals surface area contributed by atoms with E-state index < -0.39 is 17.7 Å². The Kier molecular flexibility index (Phi) is 6.68. The first-order valence-electron chi connectivity index (χ1n) is 10.1. The number of hydrogen-bond donors (Lipinski definition) is 1. The van der Waals surface area contributed by atoms with E-state index >= 15 is 0 Å². The maximum atomic E-state index is 13.4. The van der Waals surface area contributed by atoms with Gasteiger partial charge in [-0.1, -0.05) is 30.9 Å². The summed E-state index contributed by atoms with van der Waals surface area (Å²) in [5.74, 6) is -0.301. The van der Waals surface area contributed by atoms with Gasteiger partial charge in [0.2, 0.25) is 0 Å². The molecule has 6 heteroatoms. The van der Waals surface area contributed by atoms with E-state index in [1.165, 1.54) is 55.4 Å². The first kappa shape index (κ1) is 20.7. The van der Waals surface area contributed by atoms with Gasteiger partial charge in [0, 0.05) is 6.42 Å². The zero-order valence-corrected chi connectivity index (χ0v) is 16.0. The molecule has 0 aliphatic heterocycles. The Morgan fingerprint density at radius 2 is 1.86 bits per heavy atom. The minimum Gasteiger partial charge on any atom is -0.489 e. The van der Waals surface area contributed by atoms with Crippen LogP contribution in [0, 0.1) is 5.92 Å². The first-order valence-corrected chi connectivity index (χ1v) is 10.1. The number of benzene rings is 1. The van der Waals surface area contributed by atoms with Crippen molar-refractivity contribution in [3.63, 3.8) is 0 Å². The molecule has 0 unspecified atom stereocenters. The van der Waals surface area contributed by atoms with Gasteiger partial charge in [-0.25, -0.2) is 0 Å². The summed E-state index contributed by atoms with van der Waals surface area (Å²) in [5, 5.41) is 8.75. The number of alkyl halides is 3. The first-order chi connectivity index (χ1) is 13.3. The number of allylic oxidation sites excluding steroid dienone is 1. The van der Waals surface area contributed by atoms with E-state index in [-0.39, 0.29) is 24.2 Å². The highest BCUT2D eigenvalue weighted by Gasteiger charge is 2.34. The number of halogens is 3. The smallest absolute Gasteiger partial charge is 0.416 e. The van der Waals surface area contributed by atoms with Crippen molar-refractivity contribution in [1.82, 2.24) is 0 Å². The van der Waals surface area contributed by atoms with Gasteiger partial charge in [-0.15, -0.1) is 0 Å². The summed E-state index contributed by atoms with van der Waals surface area (Å²) in [6.07, 6.45) is 4.39. The van der Waals surface area contributed by atoms with Crippen LogP contribution in [0.25, 0.3) is 0 Å². The fraction of sp³-hybridized carbons (Fsp3) is 0.591. The van der Waals surface area contributed by atoms with Gasteiger partial charge in [0.1, 0.15) is 12.4 Å². The van der Waals surface area contributed by atoms with Crippen LogP contribution in [0.5, 0.6) is 5.75 Å². The molecule has 0 aromatic heterocycles. The van der Waals surface area contributed by atoms with Gasteiger partial charge in [-0.2, -0.15) is 13.2 Å². The van der Waals surface area contributed by atoms with E-state index in [4.69, 9.17) is 9.84 Å². The second-order valence-electron chi connectivity index (χ2n) is 7.82. The second kappa shape index (κ2) is 9.01. The van der Waals surface area contributed by atoms with Gasteiger partial charge in [-0.05, 0) is 67.7 Å². The van der Waals surface area contributed by atoms with Crippen molar-refractivity contribution in [3.8, 4) is 5.75 Å². The fourth-order valence-electron chi connectivity index (χ4n) is 4.48. The highest BCUT2D eigenvalue weighted by Crippen LogP contribution is 2.39. The average Bonchev–Trinajstić information content (AvgIpc) is 3.13. The molecule has 1 saturated carbocycles. The largest absolute Gasteiger partial charge is 0.489 e. The van der Waals surface area contributed by atoms with Crippen LogP contribution < -0.4 is 4.74 Å². The van der Waals surface area contributed by atoms with Gasteiger partial charge >= 0.3 is 12.1 Å². The van der Waals surface area contributed by atoms with Crippen molar-refractivity contribution in [1.29, 1.82) is 0 Å². The Morgan fingerprint density at radius 3 is 2.54 bits per heavy atom. The van der Waals surface area contributed by atoms with Gasteiger partial charge in [0.05, 0.1) is 5.56 Å². The maximum absolute atomic E-state index is 13.4. The predicted octanol–water partition coefficient (Wildman–Crippen LogP) is 6.16. The zero-order valence-electron chi connectivity index (χ0n) is 16.0. The van der Waals surface area contributed by atoms with Crippen molar-refractivity contribution in [3.05, 3.63) is 40.5 Å². The quantitative estimate of drug-likeness (QED) is 0.561. The Morgan fingerprint density at radius 1 is 1.11 bits per heavy atom. The number of carboxylic acids is 1. The molecule has 0 radical (unpaired) electrons. The lowest BCUT2D eigenvalue weighted by Crippen LogP contribution is -2.13. The fourth-order valence-corrected chi connectivity index (χ4v) is 4.48. The predicted molar refractivity (Wildman–Crippen MR) is 100 cm³/mol. The molecule has 2 aliphatic rings. The summed E-state index contributed by atoms with van der Waals surface area (Å²) in [5.41, 5.74) is 1.92. The van der Waals surface area contributed by atoms with Crippen LogP contribution in [0.1, 0.15) is 68.9 Å². The molecule has 1 aromatic rings. The highest BCUT2D eigenvalue weighted by atomic mass is 19.4. The van der Waals surface area contributed by atoms with Gasteiger partial charge in [0.15, 0.2) is 0 Å². The van der Waals surface area contributed by atoms with Gasteiger partial charge < -0.3 is 9.84 Å². The minimum absolute atomic E-state index is 0.00905. The molecule has 2 aliphatic carbocycles. The molecule has 0 atom stereocenters. The van der Waals surface area contributed by atoms with E-state index in [1.54, 1.807) is 0 Å². The van der Waals surface area contributed by atoms with Gasteiger partial charge in [-0.3, -0.25) is 4.79 Å². The standard InChI is InChI=1S/C22H27F3O3/c23-22(24,25)20-13-18(11-9-16(20)10-12-21(26)27)28-14-17-7-4-8-19(17)15-5-2-1-3-6-15/h9,11,13,15H,1-8,10,12,14H2,(H,26,27). The molecule has 28 heavy (non-hydrogen) atoms. The van der Waals surface area contributed by atoms with Crippen LogP contribution >= 0.6 is 0 Å². The molecule has 0 saturated heterocycles. The third-order valence-corrected chi connectivity index (χ3v) is 5.88. The summed E-state index contributed by atoms with van der Waals surface area (Å²) in [6.45, 7) is 0.345. The van der Waals surface area contributed by atoms with E-state index in [9.17, 15) is 18.0 Å². The van der Waals surface area contributed by atoms with Crippen LogP contribution in [-0.4, -0.2) is 17.7 Å². The molecule has 0 amide bonds. The second-order valence-corrected chi connectivity index (χ2v) is 7.82. The van der Waals surface area contributed by atoms with E-state index in [1.807, 2.05) is 0 Å². The number of carboxylic acid groups (broad SMARTS) is 1. The van der Waals surface area contributed by atoms with Crippen LogP contribution in [-0.2, 0) is 17.4 Å². The SMILES string of the molecule is O=C(O)CCc1ccc(OCC2=C(C3CCCCC3)CCC2)cc1C(F)(F)F. The molecular weight excluding hydrogens is 369 g/mol. The summed E-state index contributed by atoms with van der Waals surface area (Å²) >= 11 is 0. The number of aliphatic carboxylic acids is 1. The molecule has 1 N–H and O–H groups in total. The van der Waals surface area contributed by atoms with Crippen molar-refractivity contribution in [2.45, 2.75) is 70.4 Å². The molecule has 154 valence electrons. The highest BCUT2D eigenvalue weighted by molar-refractivity contribution is 5.67. The van der Waals surface area contributed by atoms with Crippen molar-refractivity contribution >= 4 is 5.97 Å². The van der Waals surface area contributed by atoms with E-state index in [0.717, 1.165) is 25.3 Å². The van der Waals surface area contributed by atoms with Crippen LogP contribution in [0.2, 0.25) is 0 Å².